The van der Waals surface area contributed by atoms with E-state index in [1.54, 1.807) is 0 Å². The molecule has 2 aromatic carbocycles. The zero-order valence-corrected chi connectivity index (χ0v) is 16.9. The molecule has 17 nitrogen and oxygen atoms in total. The van der Waals surface area contributed by atoms with Gasteiger partial charge in [-0.15, -0.1) is 0 Å². The molecule has 0 aliphatic rings. The minimum absolute atomic E-state index is 0.117. The molecule has 0 aromatic heterocycles. The second-order valence-electron chi connectivity index (χ2n) is 6.67. The van der Waals surface area contributed by atoms with Crippen LogP contribution in [-0.2, 0) is 4.79 Å². The third-order valence-electron chi connectivity index (χ3n) is 4.50. The lowest BCUT2D eigenvalue weighted by Crippen LogP contribution is -2.41. The van der Waals surface area contributed by atoms with Gasteiger partial charge in [0.25, 0.3) is 22.7 Å². The van der Waals surface area contributed by atoms with Gasteiger partial charge in [-0.2, -0.15) is 0 Å². The monoisotopic (exact) mass is 480 g/mol. The van der Waals surface area contributed by atoms with E-state index in [2.05, 4.69) is 10.6 Å². The summed E-state index contributed by atoms with van der Waals surface area (Å²) in [6, 6.07) is 3.51. The summed E-state index contributed by atoms with van der Waals surface area (Å²) in [6.45, 7) is -0.215. The van der Waals surface area contributed by atoms with Crippen LogP contribution in [0.15, 0.2) is 36.4 Å². The zero-order valence-electron chi connectivity index (χ0n) is 16.9. The van der Waals surface area contributed by atoms with E-state index in [9.17, 15) is 55.5 Å². The normalized spacial score (nSPS) is 12.3. The van der Waals surface area contributed by atoms with E-state index in [0.717, 1.165) is 30.3 Å². The van der Waals surface area contributed by atoms with Crippen molar-refractivity contribution in [3.63, 3.8) is 0 Å². The highest BCUT2D eigenvalue weighted by Gasteiger charge is 2.30. The van der Waals surface area contributed by atoms with Crippen LogP contribution in [0.2, 0.25) is 0 Å². The summed E-state index contributed by atoms with van der Waals surface area (Å²) in [4.78, 5) is 52.1. The number of nitrogens with zero attached hydrogens (tertiary/aromatic N) is 4. The van der Waals surface area contributed by atoms with E-state index < -0.39 is 60.6 Å². The molecular weight excluding hydrogens is 464 g/mol. The number of aliphatic carboxylic acids is 1. The van der Waals surface area contributed by atoms with E-state index in [-0.39, 0.29) is 24.3 Å². The smallest absolute Gasteiger partial charge is 0.328 e. The molecule has 0 radical (unpaired) electrons. The van der Waals surface area contributed by atoms with Gasteiger partial charge in [-0.05, 0) is 18.6 Å². The highest BCUT2D eigenvalue weighted by molar-refractivity contribution is 5.80. The second-order valence-corrected chi connectivity index (χ2v) is 6.67. The molecule has 4 N–H and O–H groups in total. The fourth-order valence-corrected chi connectivity index (χ4v) is 2.85. The number of hydrogen-bond acceptors (Lipinski definition) is 12. The van der Waals surface area contributed by atoms with Crippen molar-refractivity contribution in [2.45, 2.75) is 18.6 Å². The van der Waals surface area contributed by atoms with Crippen LogP contribution in [-0.4, -0.2) is 54.6 Å². The molecule has 0 aliphatic carbocycles. The number of non-ortho nitro benzene ring substituents is 2. The summed E-state index contributed by atoms with van der Waals surface area (Å²) in [5, 5.41) is 68.6. The fourth-order valence-electron chi connectivity index (χ4n) is 2.85. The van der Waals surface area contributed by atoms with Gasteiger partial charge in [0.2, 0.25) is 0 Å². The van der Waals surface area contributed by atoms with Crippen LogP contribution in [0.1, 0.15) is 6.42 Å². The maximum absolute atomic E-state index is 11.6. The number of aliphatic hydroxyl groups is 1. The van der Waals surface area contributed by atoms with E-state index in [4.69, 9.17) is 0 Å². The molecule has 0 amide bonds. The molecule has 180 valence electrons. The highest BCUT2D eigenvalue weighted by atomic mass is 16.6. The number of hydrogen-bond donors (Lipinski definition) is 4. The van der Waals surface area contributed by atoms with Crippen LogP contribution < -0.4 is 10.6 Å². The number of benzene rings is 2. The van der Waals surface area contributed by atoms with Crippen molar-refractivity contribution in [2.24, 2.45) is 0 Å². The molecule has 34 heavy (non-hydrogen) atoms. The summed E-state index contributed by atoms with van der Waals surface area (Å²) in [5.41, 5.74) is -3.02. The molecule has 0 saturated carbocycles. The summed E-state index contributed by atoms with van der Waals surface area (Å²) in [5.74, 6) is -1.60. The van der Waals surface area contributed by atoms with E-state index in [0.29, 0.717) is 6.07 Å². The van der Waals surface area contributed by atoms with Crippen molar-refractivity contribution in [3.8, 4) is 0 Å². The molecule has 0 spiro atoms. The van der Waals surface area contributed by atoms with Crippen LogP contribution in [0, 0.1) is 40.5 Å². The van der Waals surface area contributed by atoms with E-state index in [1.165, 1.54) is 0 Å². The number of nitrogens with one attached hydrogen (secondary N) is 2. The van der Waals surface area contributed by atoms with Gasteiger partial charge in [0.05, 0.1) is 37.9 Å². The van der Waals surface area contributed by atoms with Gasteiger partial charge in [-0.3, -0.25) is 40.5 Å². The van der Waals surface area contributed by atoms with Crippen LogP contribution >= 0.6 is 0 Å². The number of nitro groups is 4. The summed E-state index contributed by atoms with van der Waals surface area (Å²) in [7, 11) is 0. The first-order valence-electron chi connectivity index (χ1n) is 9.19. The van der Waals surface area contributed by atoms with E-state index >= 15 is 0 Å². The Kier molecular flexibility index (Phi) is 7.89. The Morgan fingerprint density at radius 2 is 1.29 bits per heavy atom. The molecular formula is C17H16N6O11. The lowest BCUT2D eigenvalue weighted by Gasteiger charge is -2.21. The quantitative estimate of drug-likeness (QED) is 0.251. The van der Waals surface area contributed by atoms with E-state index in [1.807, 2.05) is 0 Å². The number of carboxylic acids is 1. The fraction of sp³-hybridized carbons (Fsp3) is 0.235. The SMILES string of the molecule is O=C(O)[C@@H](Nc1ccc([N+](=O)[O-])cc1[N+](=O)[O-])[C@H](O)CCNc1ccc([N+](=O)[O-])cc1[N+](=O)[O-]. The van der Waals surface area contributed by atoms with Crippen molar-refractivity contribution >= 4 is 40.1 Å². The van der Waals surface area contributed by atoms with Crippen LogP contribution in [0.5, 0.6) is 0 Å². The predicted molar refractivity (Wildman–Crippen MR) is 114 cm³/mol. The number of anilines is 2. The third-order valence-corrected chi connectivity index (χ3v) is 4.50. The van der Waals surface area contributed by atoms with Crippen LogP contribution in [0.4, 0.5) is 34.1 Å². The molecule has 0 heterocycles. The Morgan fingerprint density at radius 3 is 1.74 bits per heavy atom. The van der Waals surface area contributed by atoms with Crippen molar-refractivity contribution in [2.75, 3.05) is 17.2 Å². The molecule has 0 fully saturated rings. The molecule has 0 aliphatic heterocycles. The summed E-state index contributed by atoms with van der Waals surface area (Å²) in [6.07, 6.45) is -1.99. The molecule has 17 heteroatoms. The maximum atomic E-state index is 11.6. The topological polar surface area (TPSA) is 254 Å². The Bertz CT molecular complexity index is 1150. The standard InChI is InChI=1S/C17H16N6O11/c24-15(5-6-18-11-3-1-9(20(27)28)7-13(11)22(31)32)16(17(25)26)19-12-4-2-10(21(29)30)8-14(12)23(33)34/h1-4,7-8,15-16,18-19,24H,5-6H2,(H,25,26)/t15-,16+/m1/s1. The lowest BCUT2D eigenvalue weighted by atomic mass is 10.1. The van der Waals surface area contributed by atoms with Crippen LogP contribution in [0.25, 0.3) is 0 Å². The highest BCUT2D eigenvalue weighted by Crippen LogP contribution is 2.31. The number of aliphatic hydroxyl groups excluding tert-OH is 1. The first-order chi connectivity index (χ1) is 15.9. The van der Waals surface area contributed by atoms with Gasteiger partial charge < -0.3 is 20.8 Å². The van der Waals surface area contributed by atoms with Crippen LogP contribution in [0.3, 0.4) is 0 Å². The van der Waals surface area contributed by atoms with Crippen molar-refractivity contribution in [1.82, 2.24) is 0 Å². The molecule has 0 bridgehead atoms. The lowest BCUT2D eigenvalue weighted by molar-refractivity contribution is -0.393. The predicted octanol–water partition coefficient (Wildman–Crippen LogP) is 2.05. The minimum atomic E-state index is -1.78. The number of carboxylic acid groups (broad SMARTS) is 1. The third kappa shape index (κ3) is 6.07. The number of carbonyl (C=O) groups is 1. The average molecular weight is 480 g/mol. The van der Waals surface area contributed by atoms with Gasteiger partial charge in [-0.25, -0.2) is 4.79 Å². The van der Waals surface area contributed by atoms with Gasteiger partial charge in [0.15, 0.2) is 6.04 Å². The van der Waals surface area contributed by atoms with Crippen molar-refractivity contribution < 1.29 is 34.7 Å². The number of rotatable bonds is 12. The van der Waals surface area contributed by atoms with Crippen molar-refractivity contribution in [3.05, 3.63) is 76.9 Å². The Labute approximate surface area is 188 Å². The van der Waals surface area contributed by atoms with Gasteiger partial charge >= 0.3 is 5.97 Å². The molecule has 2 rings (SSSR count). The summed E-state index contributed by atoms with van der Waals surface area (Å²) >= 11 is 0. The summed E-state index contributed by atoms with van der Waals surface area (Å²) < 4.78 is 0. The van der Waals surface area contributed by atoms with Gasteiger partial charge in [0.1, 0.15) is 11.4 Å². The largest absolute Gasteiger partial charge is 0.480 e. The molecule has 0 saturated heterocycles. The minimum Gasteiger partial charge on any atom is -0.480 e. The van der Waals surface area contributed by atoms with Gasteiger partial charge in [0, 0.05) is 18.7 Å². The average Bonchev–Trinajstić information content (AvgIpc) is 2.76. The Hall–Kier alpha value is -4.93. The number of nitro benzene ring substituents is 4. The molecule has 0 unspecified atom stereocenters. The molecule has 2 atom stereocenters. The Balaban J connectivity index is 2.15. The van der Waals surface area contributed by atoms with Crippen molar-refractivity contribution in [1.29, 1.82) is 0 Å². The Morgan fingerprint density at radius 1 is 0.824 bits per heavy atom. The zero-order chi connectivity index (χ0) is 25.6. The van der Waals surface area contributed by atoms with Gasteiger partial charge in [-0.1, -0.05) is 0 Å². The maximum Gasteiger partial charge on any atom is 0.328 e. The first kappa shape index (κ1) is 25.3. The second kappa shape index (κ2) is 10.6. The molecule has 2 aromatic rings. The first-order valence-corrected chi connectivity index (χ1v) is 9.19.